The second-order valence-electron chi connectivity index (χ2n) is 2.73. The van der Waals surface area contributed by atoms with Gasteiger partial charge in [0.15, 0.2) is 0 Å². The number of carbonyl (C=O) groups is 1. The molecule has 0 rings (SSSR count). The van der Waals surface area contributed by atoms with Crippen molar-refractivity contribution in [1.29, 1.82) is 0 Å². The first-order chi connectivity index (χ1) is 4.86. The molecule has 0 aromatic rings. The highest BCUT2D eigenvalue weighted by atomic mass is 16.6. The van der Waals surface area contributed by atoms with E-state index in [4.69, 9.17) is 5.73 Å². The predicted octanol–water partition coefficient (Wildman–Crippen LogP) is 0.844. The Morgan fingerprint density at radius 2 is 1.55 bits per heavy atom. The van der Waals surface area contributed by atoms with Crippen LogP contribution >= 0.6 is 0 Å². The van der Waals surface area contributed by atoms with Crippen LogP contribution in [0.25, 0.3) is 0 Å². The molecule has 0 saturated heterocycles. The Morgan fingerprint density at radius 3 is 1.55 bits per heavy atom. The highest BCUT2D eigenvalue weighted by Gasteiger charge is 1.94. The van der Waals surface area contributed by atoms with Gasteiger partial charge in [0.1, 0.15) is 0 Å². The van der Waals surface area contributed by atoms with Crippen molar-refractivity contribution in [2.75, 3.05) is 0 Å². The quantitative estimate of drug-likeness (QED) is 0.599. The van der Waals surface area contributed by atoms with Crippen LogP contribution in [0.3, 0.4) is 0 Å². The fraction of sp³-hybridized carbons (Fsp3) is 0.857. The average molecular weight is 162 g/mol. The average Bonchev–Trinajstić information content (AvgIpc) is 1.56. The van der Waals surface area contributed by atoms with Crippen LogP contribution in [0.15, 0.2) is 0 Å². The van der Waals surface area contributed by atoms with E-state index in [0.717, 1.165) is 0 Å². The zero-order valence-corrected chi connectivity index (χ0v) is 7.63. The summed E-state index contributed by atoms with van der Waals surface area (Å²) in [5.74, 6) is 0. The summed E-state index contributed by atoms with van der Waals surface area (Å²) in [6, 6.07) is 0.333. The molecular formula is C7H18N2O2. The monoisotopic (exact) mass is 162 g/mol. The molecule has 1 amide bonds. The Morgan fingerprint density at radius 1 is 1.27 bits per heavy atom. The molecule has 0 heterocycles. The second kappa shape index (κ2) is 7.34. The van der Waals surface area contributed by atoms with E-state index in [-0.39, 0.29) is 6.10 Å². The summed E-state index contributed by atoms with van der Waals surface area (Å²) in [6.45, 7) is 7.37. The normalized spacial score (nSPS) is 9.00. The number of hydrogen-bond donors (Lipinski definition) is 2. The minimum absolute atomic E-state index is 0.0995. The summed E-state index contributed by atoms with van der Waals surface area (Å²) in [6.07, 6.45) is -0.813. The van der Waals surface area contributed by atoms with Crippen molar-refractivity contribution in [2.45, 2.75) is 39.8 Å². The minimum atomic E-state index is -0.713. The number of nitrogens with two attached hydrogens (primary N) is 2. The van der Waals surface area contributed by atoms with Crippen LogP contribution in [0.4, 0.5) is 4.79 Å². The molecule has 0 spiro atoms. The molecule has 4 heteroatoms. The van der Waals surface area contributed by atoms with Gasteiger partial charge in [0.25, 0.3) is 0 Å². The van der Waals surface area contributed by atoms with Crippen LogP contribution in [0.5, 0.6) is 0 Å². The number of hydrogen-bond acceptors (Lipinski definition) is 3. The van der Waals surface area contributed by atoms with Gasteiger partial charge in [-0.3, -0.25) is 0 Å². The van der Waals surface area contributed by atoms with Crippen LogP contribution in [-0.4, -0.2) is 18.2 Å². The Bertz CT molecular complexity index is 99.9. The summed E-state index contributed by atoms with van der Waals surface area (Å²) in [5.41, 5.74) is 9.74. The largest absolute Gasteiger partial charge is 0.447 e. The maximum absolute atomic E-state index is 9.81. The van der Waals surface area contributed by atoms with E-state index < -0.39 is 6.09 Å². The van der Waals surface area contributed by atoms with Gasteiger partial charge in [0.2, 0.25) is 0 Å². The van der Waals surface area contributed by atoms with Gasteiger partial charge in [-0.05, 0) is 19.9 Å². The first kappa shape index (κ1) is 12.9. The molecule has 0 aliphatic heterocycles. The molecule has 4 N–H and O–H groups in total. The van der Waals surface area contributed by atoms with E-state index in [9.17, 15) is 4.79 Å². The Kier molecular flexibility index (Phi) is 8.58. The Labute approximate surface area is 67.9 Å². The lowest BCUT2D eigenvalue weighted by Gasteiger charge is -2.01. The summed E-state index contributed by atoms with van der Waals surface area (Å²) in [5, 5.41) is 0. The third kappa shape index (κ3) is 46.2. The van der Waals surface area contributed by atoms with Gasteiger partial charge in [-0.1, -0.05) is 13.8 Å². The lowest BCUT2D eigenvalue weighted by Crippen LogP contribution is -2.17. The fourth-order valence-electron chi connectivity index (χ4n) is 0.232. The van der Waals surface area contributed by atoms with Crippen molar-refractivity contribution in [2.24, 2.45) is 11.5 Å². The van der Waals surface area contributed by atoms with Gasteiger partial charge >= 0.3 is 6.09 Å². The van der Waals surface area contributed by atoms with Crippen molar-refractivity contribution >= 4 is 6.09 Å². The number of primary amides is 1. The molecule has 0 aromatic heterocycles. The smallest absolute Gasteiger partial charge is 0.404 e. The number of amides is 1. The molecule has 0 aromatic carbocycles. The van der Waals surface area contributed by atoms with Gasteiger partial charge in [-0.15, -0.1) is 0 Å². The number of carbonyl (C=O) groups excluding carboxylic acids is 1. The first-order valence-electron chi connectivity index (χ1n) is 3.58. The van der Waals surface area contributed by atoms with Crippen LogP contribution in [-0.2, 0) is 4.74 Å². The molecule has 0 fully saturated rings. The number of ether oxygens (including phenoxy) is 1. The summed E-state index contributed by atoms with van der Waals surface area (Å²) >= 11 is 0. The van der Waals surface area contributed by atoms with Gasteiger partial charge in [0.05, 0.1) is 6.10 Å². The molecule has 0 unspecified atom stereocenters. The SMILES string of the molecule is CC(C)N.CC(C)OC(N)=O. The van der Waals surface area contributed by atoms with E-state index >= 15 is 0 Å². The second-order valence-corrected chi connectivity index (χ2v) is 2.73. The molecule has 0 aliphatic rings. The van der Waals surface area contributed by atoms with Crippen molar-refractivity contribution in [3.63, 3.8) is 0 Å². The molecule has 68 valence electrons. The van der Waals surface area contributed by atoms with Gasteiger partial charge in [-0.2, -0.15) is 0 Å². The molecule has 0 atom stereocenters. The van der Waals surface area contributed by atoms with Crippen molar-refractivity contribution in [3.8, 4) is 0 Å². The molecular weight excluding hydrogens is 144 g/mol. The van der Waals surface area contributed by atoms with Gasteiger partial charge in [0, 0.05) is 0 Å². The lowest BCUT2D eigenvalue weighted by atomic mass is 10.5. The zero-order chi connectivity index (χ0) is 9.44. The molecule has 0 radical (unpaired) electrons. The van der Waals surface area contributed by atoms with E-state index in [1.54, 1.807) is 13.8 Å². The highest BCUT2D eigenvalue weighted by molar-refractivity contribution is 5.64. The maximum atomic E-state index is 9.81. The Balaban J connectivity index is 0. The van der Waals surface area contributed by atoms with Crippen molar-refractivity contribution < 1.29 is 9.53 Å². The first-order valence-corrected chi connectivity index (χ1v) is 3.58. The standard InChI is InChI=1S/C4H9NO2.C3H9N/c1-3(2)7-4(5)6;1-3(2)4/h3H,1-2H3,(H2,5,6);3H,4H2,1-2H3. The molecule has 0 saturated carbocycles. The van der Waals surface area contributed by atoms with Gasteiger partial charge < -0.3 is 16.2 Å². The van der Waals surface area contributed by atoms with Gasteiger partial charge in [-0.25, -0.2) is 4.79 Å². The van der Waals surface area contributed by atoms with Crippen LogP contribution in [0.2, 0.25) is 0 Å². The van der Waals surface area contributed by atoms with Crippen molar-refractivity contribution in [1.82, 2.24) is 0 Å². The van der Waals surface area contributed by atoms with Crippen LogP contribution in [0, 0.1) is 0 Å². The molecule has 0 bridgehead atoms. The number of rotatable bonds is 1. The molecule has 0 aliphatic carbocycles. The van der Waals surface area contributed by atoms with E-state index in [1.807, 2.05) is 13.8 Å². The van der Waals surface area contributed by atoms with E-state index in [0.29, 0.717) is 6.04 Å². The third-order valence-corrected chi connectivity index (χ3v) is 0.352. The van der Waals surface area contributed by atoms with Crippen molar-refractivity contribution in [3.05, 3.63) is 0 Å². The molecule has 11 heavy (non-hydrogen) atoms. The van der Waals surface area contributed by atoms with Crippen LogP contribution in [0.1, 0.15) is 27.7 Å². The van der Waals surface area contributed by atoms with Crippen LogP contribution < -0.4 is 11.5 Å². The summed E-state index contributed by atoms with van der Waals surface area (Å²) < 4.78 is 4.39. The van der Waals surface area contributed by atoms with E-state index in [2.05, 4.69) is 10.5 Å². The predicted molar refractivity (Wildman–Crippen MR) is 45.1 cm³/mol. The lowest BCUT2D eigenvalue weighted by molar-refractivity contribution is 0.125. The highest BCUT2D eigenvalue weighted by Crippen LogP contribution is 1.83. The topological polar surface area (TPSA) is 78.3 Å². The zero-order valence-electron chi connectivity index (χ0n) is 7.63. The third-order valence-electron chi connectivity index (χ3n) is 0.352. The summed E-state index contributed by atoms with van der Waals surface area (Å²) in [4.78, 5) is 9.81. The molecule has 4 nitrogen and oxygen atoms in total. The Hall–Kier alpha value is -0.770. The summed E-state index contributed by atoms with van der Waals surface area (Å²) in [7, 11) is 0. The minimum Gasteiger partial charge on any atom is -0.447 e. The fourth-order valence-corrected chi connectivity index (χ4v) is 0.232. The van der Waals surface area contributed by atoms with E-state index in [1.165, 1.54) is 0 Å². The maximum Gasteiger partial charge on any atom is 0.404 e.